The van der Waals surface area contributed by atoms with E-state index in [9.17, 15) is 0 Å². The molecule has 1 aromatic heterocycles. The van der Waals surface area contributed by atoms with Crippen LogP contribution in [0.2, 0.25) is 0 Å². The van der Waals surface area contributed by atoms with Crippen LogP contribution < -0.4 is 5.32 Å². The summed E-state index contributed by atoms with van der Waals surface area (Å²) in [6, 6.07) is 8.60. The van der Waals surface area contributed by atoms with Crippen LogP contribution in [0.4, 0.5) is 0 Å². The van der Waals surface area contributed by atoms with Crippen molar-refractivity contribution in [3.05, 3.63) is 36.0 Å². The van der Waals surface area contributed by atoms with Crippen molar-refractivity contribution in [3.8, 4) is 0 Å². The third kappa shape index (κ3) is 2.28. The molecule has 3 rings (SSSR count). The van der Waals surface area contributed by atoms with Crippen molar-refractivity contribution in [1.82, 2.24) is 9.88 Å². The molecule has 0 bridgehead atoms. The Hall–Kier alpha value is -1.32. The first-order chi connectivity index (χ1) is 8.84. The molecule has 2 aromatic rings. The highest BCUT2D eigenvalue weighted by atomic mass is 16.5. The van der Waals surface area contributed by atoms with Crippen molar-refractivity contribution >= 4 is 10.9 Å². The van der Waals surface area contributed by atoms with E-state index in [1.807, 2.05) is 0 Å². The Bertz CT molecular complexity index is 526. The second-order valence-electron chi connectivity index (χ2n) is 5.02. The van der Waals surface area contributed by atoms with Gasteiger partial charge in [-0.05, 0) is 24.5 Å². The van der Waals surface area contributed by atoms with Crippen molar-refractivity contribution < 1.29 is 4.74 Å². The van der Waals surface area contributed by atoms with E-state index in [1.54, 1.807) is 0 Å². The Morgan fingerprint density at radius 2 is 2.28 bits per heavy atom. The van der Waals surface area contributed by atoms with Gasteiger partial charge in [0.05, 0.1) is 12.7 Å². The monoisotopic (exact) mass is 244 g/mol. The quantitative estimate of drug-likeness (QED) is 0.895. The number of para-hydroxylation sites is 1. The first-order valence-electron chi connectivity index (χ1n) is 6.70. The number of nitrogens with one attached hydrogen (secondary N) is 1. The van der Waals surface area contributed by atoms with Gasteiger partial charge >= 0.3 is 0 Å². The van der Waals surface area contributed by atoms with Crippen molar-refractivity contribution in [1.29, 1.82) is 0 Å². The fourth-order valence-electron chi connectivity index (χ4n) is 2.75. The normalized spacial score (nSPS) is 20.4. The fraction of sp³-hybridized carbons (Fsp3) is 0.467. The van der Waals surface area contributed by atoms with E-state index < -0.39 is 0 Å². The van der Waals surface area contributed by atoms with E-state index in [4.69, 9.17) is 4.74 Å². The lowest BCUT2D eigenvalue weighted by molar-refractivity contribution is 0.0239. The summed E-state index contributed by atoms with van der Waals surface area (Å²) in [5, 5.41) is 4.76. The average Bonchev–Trinajstić information content (AvgIpc) is 2.75. The first-order valence-corrected chi connectivity index (χ1v) is 6.70. The molecule has 96 valence electrons. The molecule has 1 aliphatic heterocycles. The minimum Gasteiger partial charge on any atom is -0.376 e. The second-order valence-corrected chi connectivity index (χ2v) is 5.02. The molecule has 0 amide bonds. The molecule has 1 N–H and O–H groups in total. The predicted molar refractivity (Wildman–Crippen MR) is 73.8 cm³/mol. The third-order valence-electron chi connectivity index (χ3n) is 3.72. The minimum absolute atomic E-state index is 0.373. The summed E-state index contributed by atoms with van der Waals surface area (Å²) in [6.45, 7) is 2.83. The molecule has 3 nitrogen and oxygen atoms in total. The van der Waals surface area contributed by atoms with E-state index in [1.165, 1.54) is 16.5 Å². The lowest BCUT2D eigenvalue weighted by Crippen LogP contribution is -2.38. The van der Waals surface area contributed by atoms with Gasteiger partial charge in [-0.1, -0.05) is 18.2 Å². The van der Waals surface area contributed by atoms with Gasteiger partial charge in [0.1, 0.15) is 0 Å². The van der Waals surface area contributed by atoms with Gasteiger partial charge in [-0.2, -0.15) is 0 Å². The number of nitrogens with zero attached hydrogens (tertiary/aromatic N) is 1. The molecule has 1 aromatic carbocycles. The van der Waals surface area contributed by atoms with Gasteiger partial charge in [-0.15, -0.1) is 0 Å². The van der Waals surface area contributed by atoms with Crippen LogP contribution in [0.3, 0.4) is 0 Å². The van der Waals surface area contributed by atoms with E-state index >= 15 is 0 Å². The largest absolute Gasteiger partial charge is 0.376 e. The number of rotatable bonds is 3. The number of morpholine rings is 1. The number of ether oxygens (including phenoxy) is 1. The Kier molecular flexibility index (Phi) is 3.35. The molecule has 0 saturated carbocycles. The Balaban J connectivity index is 1.74. The van der Waals surface area contributed by atoms with Crippen LogP contribution in [0.1, 0.15) is 12.0 Å². The molecule has 1 fully saturated rings. The van der Waals surface area contributed by atoms with Crippen LogP contribution in [0.15, 0.2) is 30.5 Å². The van der Waals surface area contributed by atoms with Gasteiger partial charge in [0.25, 0.3) is 0 Å². The van der Waals surface area contributed by atoms with Gasteiger partial charge in [-0.25, -0.2) is 0 Å². The third-order valence-corrected chi connectivity index (χ3v) is 3.72. The molecule has 0 radical (unpaired) electrons. The van der Waals surface area contributed by atoms with Crippen LogP contribution in [-0.4, -0.2) is 30.4 Å². The standard InChI is InChI=1S/C15H20N2O/c1-17-11-12(14-4-2-3-5-15(14)17)6-7-13-10-16-8-9-18-13/h2-5,11,13,16H,6-10H2,1H3. The summed E-state index contributed by atoms with van der Waals surface area (Å²) in [6.07, 6.45) is 4.81. The van der Waals surface area contributed by atoms with Crippen molar-refractivity contribution in [2.24, 2.45) is 7.05 Å². The lowest BCUT2D eigenvalue weighted by atomic mass is 10.1. The summed E-state index contributed by atoms with van der Waals surface area (Å²) in [5.41, 5.74) is 2.75. The number of aromatic nitrogens is 1. The average molecular weight is 244 g/mol. The molecule has 2 heterocycles. The Labute approximate surface area is 108 Å². The van der Waals surface area contributed by atoms with Crippen LogP contribution in [-0.2, 0) is 18.2 Å². The van der Waals surface area contributed by atoms with Gasteiger partial charge < -0.3 is 14.6 Å². The van der Waals surface area contributed by atoms with E-state index in [0.29, 0.717) is 6.10 Å². The zero-order chi connectivity index (χ0) is 12.4. The summed E-state index contributed by atoms with van der Waals surface area (Å²) >= 11 is 0. The van der Waals surface area contributed by atoms with Crippen molar-refractivity contribution in [2.75, 3.05) is 19.7 Å². The summed E-state index contributed by atoms with van der Waals surface area (Å²) in [4.78, 5) is 0. The highest BCUT2D eigenvalue weighted by molar-refractivity contribution is 5.83. The Morgan fingerprint density at radius 3 is 3.11 bits per heavy atom. The molecule has 1 unspecified atom stereocenters. The van der Waals surface area contributed by atoms with Crippen LogP contribution >= 0.6 is 0 Å². The molecule has 1 aliphatic rings. The number of benzene rings is 1. The van der Waals surface area contributed by atoms with Gasteiger partial charge in [0.15, 0.2) is 0 Å². The van der Waals surface area contributed by atoms with Gasteiger partial charge in [0, 0.05) is 37.2 Å². The number of hydrogen-bond acceptors (Lipinski definition) is 2. The summed E-state index contributed by atoms with van der Waals surface area (Å²) < 4.78 is 7.96. The lowest BCUT2D eigenvalue weighted by Gasteiger charge is -2.23. The van der Waals surface area contributed by atoms with Crippen LogP contribution in [0.25, 0.3) is 10.9 Å². The van der Waals surface area contributed by atoms with E-state index in [-0.39, 0.29) is 0 Å². The topological polar surface area (TPSA) is 26.2 Å². The molecule has 1 saturated heterocycles. The zero-order valence-electron chi connectivity index (χ0n) is 10.9. The predicted octanol–water partition coefficient (Wildman–Crippen LogP) is 2.10. The number of hydrogen-bond donors (Lipinski definition) is 1. The molecule has 1 atom stereocenters. The summed E-state index contributed by atoms with van der Waals surface area (Å²) in [5.74, 6) is 0. The highest BCUT2D eigenvalue weighted by Crippen LogP contribution is 2.22. The zero-order valence-corrected chi connectivity index (χ0v) is 10.9. The van der Waals surface area contributed by atoms with Crippen LogP contribution in [0.5, 0.6) is 0 Å². The SMILES string of the molecule is Cn1cc(CCC2CNCCO2)c2ccccc21. The molecular weight excluding hydrogens is 224 g/mol. The molecular formula is C15H20N2O. The molecule has 18 heavy (non-hydrogen) atoms. The highest BCUT2D eigenvalue weighted by Gasteiger charge is 2.14. The van der Waals surface area contributed by atoms with Crippen molar-refractivity contribution in [3.63, 3.8) is 0 Å². The Morgan fingerprint density at radius 1 is 1.39 bits per heavy atom. The first kappa shape index (κ1) is 11.8. The second kappa shape index (κ2) is 5.12. The maximum absolute atomic E-state index is 5.75. The van der Waals surface area contributed by atoms with Crippen LogP contribution in [0, 0.1) is 0 Å². The van der Waals surface area contributed by atoms with E-state index in [2.05, 4.69) is 47.4 Å². The maximum atomic E-state index is 5.75. The van der Waals surface area contributed by atoms with Gasteiger partial charge in [-0.3, -0.25) is 0 Å². The molecule has 3 heteroatoms. The number of aryl methyl sites for hydroxylation is 2. The smallest absolute Gasteiger partial charge is 0.0703 e. The van der Waals surface area contributed by atoms with Gasteiger partial charge in [0.2, 0.25) is 0 Å². The number of fused-ring (bicyclic) bond motifs is 1. The minimum atomic E-state index is 0.373. The van der Waals surface area contributed by atoms with E-state index in [0.717, 1.165) is 32.5 Å². The summed E-state index contributed by atoms with van der Waals surface area (Å²) in [7, 11) is 2.12. The van der Waals surface area contributed by atoms with Crippen molar-refractivity contribution in [2.45, 2.75) is 18.9 Å². The maximum Gasteiger partial charge on any atom is 0.0703 e. The molecule has 0 spiro atoms. The fourth-order valence-corrected chi connectivity index (χ4v) is 2.75. The molecule has 0 aliphatic carbocycles.